The first kappa shape index (κ1) is 17.2. The molecule has 1 atom stereocenters. The SMILES string of the molecule is CSCCCCCNC(C)c1ccc(OC(F)F)cc1. The van der Waals surface area contributed by atoms with E-state index >= 15 is 0 Å². The van der Waals surface area contributed by atoms with Crippen LogP contribution in [0.2, 0.25) is 0 Å². The maximum absolute atomic E-state index is 12.0. The quantitative estimate of drug-likeness (QED) is 0.644. The summed E-state index contributed by atoms with van der Waals surface area (Å²) in [5, 5.41) is 3.44. The number of alkyl halides is 2. The van der Waals surface area contributed by atoms with E-state index in [4.69, 9.17) is 0 Å². The molecule has 0 aliphatic heterocycles. The number of benzene rings is 1. The van der Waals surface area contributed by atoms with Crippen LogP contribution in [0, 0.1) is 0 Å². The fourth-order valence-corrected chi connectivity index (χ4v) is 2.42. The molecule has 0 radical (unpaired) electrons. The van der Waals surface area contributed by atoms with Crippen LogP contribution in [-0.4, -0.2) is 25.2 Å². The largest absolute Gasteiger partial charge is 0.435 e. The molecule has 20 heavy (non-hydrogen) atoms. The van der Waals surface area contributed by atoms with Crippen LogP contribution in [0.15, 0.2) is 24.3 Å². The normalized spacial score (nSPS) is 12.7. The molecule has 0 aliphatic carbocycles. The van der Waals surface area contributed by atoms with E-state index in [1.807, 2.05) is 23.9 Å². The summed E-state index contributed by atoms with van der Waals surface area (Å²) in [6.45, 7) is 0.285. The van der Waals surface area contributed by atoms with Crippen molar-refractivity contribution in [2.75, 3.05) is 18.6 Å². The van der Waals surface area contributed by atoms with E-state index < -0.39 is 6.61 Å². The van der Waals surface area contributed by atoms with Crippen LogP contribution in [0.4, 0.5) is 8.78 Å². The van der Waals surface area contributed by atoms with Crippen molar-refractivity contribution < 1.29 is 13.5 Å². The molecule has 0 bridgehead atoms. The van der Waals surface area contributed by atoms with E-state index in [1.54, 1.807) is 12.1 Å². The molecule has 114 valence electrons. The summed E-state index contributed by atoms with van der Waals surface area (Å²) < 4.78 is 28.4. The highest BCUT2D eigenvalue weighted by atomic mass is 32.2. The molecular weight excluding hydrogens is 280 g/mol. The van der Waals surface area contributed by atoms with Gasteiger partial charge in [-0.1, -0.05) is 18.6 Å². The van der Waals surface area contributed by atoms with Crippen LogP contribution in [-0.2, 0) is 0 Å². The highest BCUT2D eigenvalue weighted by molar-refractivity contribution is 7.98. The minimum absolute atomic E-state index is 0.202. The van der Waals surface area contributed by atoms with Crippen molar-refractivity contribution in [1.29, 1.82) is 0 Å². The number of halogens is 2. The lowest BCUT2D eigenvalue weighted by Gasteiger charge is -2.15. The van der Waals surface area contributed by atoms with Gasteiger partial charge in [-0.2, -0.15) is 20.5 Å². The van der Waals surface area contributed by atoms with Crippen molar-refractivity contribution in [3.05, 3.63) is 29.8 Å². The Morgan fingerprint density at radius 2 is 1.85 bits per heavy atom. The summed E-state index contributed by atoms with van der Waals surface area (Å²) in [4.78, 5) is 0. The summed E-state index contributed by atoms with van der Waals surface area (Å²) in [5.41, 5.74) is 1.08. The zero-order valence-electron chi connectivity index (χ0n) is 12.1. The highest BCUT2D eigenvalue weighted by Gasteiger charge is 2.07. The molecule has 1 aromatic rings. The summed E-state index contributed by atoms with van der Waals surface area (Å²) in [6, 6.07) is 7.03. The van der Waals surface area contributed by atoms with Gasteiger partial charge in [0.15, 0.2) is 0 Å². The van der Waals surface area contributed by atoms with Gasteiger partial charge < -0.3 is 10.1 Å². The van der Waals surface area contributed by atoms with E-state index in [0.29, 0.717) is 0 Å². The molecule has 1 N–H and O–H groups in total. The molecule has 1 rings (SSSR count). The van der Waals surface area contributed by atoms with Crippen molar-refractivity contribution in [3.63, 3.8) is 0 Å². The first-order valence-corrected chi connectivity index (χ1v) is 8.30. The van der Waals surface area contributed by atoms with Crippen molar-refractivity contribution in [2.45, 2.75) is 38.8 Å². The third kappa shape index (κ3) is 7.10. The fraction of sp³-hybridized carbons (Fsp3) is 0.600. The van der Waals surface area contributed by atoms with Crippen LogP contribution in [0.5, 0.6) is 5.75 Å². The van der Waals surface area contributed by atoms with Gasteiger partial charge in [0.25, 0.3) is 0 Å². The second-order valence-corrected chi connectivity index (χ2v) is 5.66. The van der Waals surface area contributed by atoms with E-state index in [-0.39, 0.29) is 11.8 Å². The maximum Gasteiger partial charge on any atom is 0.387 e. The molecule has 2 nitrogen and oxygen atoms in total. The molecule has 0 aliphatic rings. The molecule has 0 fully saturated rings. The Morgan fingerprint density at radius 1 is 1.15 bits per heavy atom. The topological polar surface area (TPSA) is 21.3 Å². The van der Waals surface area contributed by atoms with Crippen molar-refractivity contribution >= 4 is 11.8 Å². The Kier molecular flexibility index (Phi) is 8.62. The predicted molar refractivity (Wildman–Crippen MR) is 81.7 cm³/mol. The lowest BCUT2D eigenvalue weighted by molar-refractivity contribution is -0.0498. The maximum atomic E-state index is 12.0. The standard InChI is InChI=1S/C15H23F2NOS/c1-12(18-10-4-3-5-11-20-2)13-6-8-14(9-7-13)19-15(16)17/h6-9,12,15,18H,3-5,10-11H2,1-2H3. The van der Waals surface area contributed by atoms with E-state index in [1.165, 1.54) is 18.6 Å². The third-order valence-electron chi connectivity index (χ3n) is 3.08. The van der Waals surface area contributed by atoms with Gasteiger partial charge in [-0.15, -0.1) is 0 Å². The number of thioether (sulfide) groups is 1. The van der Waals surface area contributed by atoms with Gasteiger partial charge in [0.05, 0.1) is 0 Å². The Labute approximate surface area is 124 Å². The average Bonchev–Trinajstić information content (AvgIpc) is 2.42. The zero-order valence-corrected chi connectivity index (χ0v) is 12.9. The van der Waals surface area contributed by atoms with E-state index in [0.717, 1.165) is 18.5 Å². The average molecular weight is 303 g/mol. The lowest BCUT2D eigenvalue weighted by atomic mass is 10.1. The molecule has 0 heterocycles. The minimum Gasteiger partial charge on any atom is -0.435 e. The third-order valence-corrected chi connectivity index (χ3v) is 3.78. The number of unbranched alkanes of at least 4 members (excludes halogenated alkanes) is 2. The summed E-state index contributed by atoms with van der Waals surface area (Å²) in [6.07, 6.45) is 5.79. The van der Waals surface area contributed by atoms with Crippen LogP contribution >= 0.6 is 11.8 Å². The summed E-state index contributed by atoms with van der Waals surface area (Å²) in [7, 11) is 0. The number of nitrogens with one attached hydrogen (secondary N) is 1. The summed E-state index contributed by atoms with van der Waals surface area (Å²) in [5.74, 6) is 1.43. The second-order valence-electron chi connectivity index (χ2n) is 4.68. The Morgan fingerprint density at radius 3 is 2.45 bits per heavy atom. The molecular formula is C15H23F2NOS. The molecule has 0 spiro atoms. The highest BCUT2D eigenvalue weighted by Crippen LogP contribution is 2.19. The van der Waals surface area contributed by atoms with Crippen LogP contribution in [0.1, 0.15) is 37.8 Å². The monoisotopic (exact) mass is 303 g/mol. The first-order chi connectivity index (χ1) is 9.63. The number of hydrogen-bond donors (Lipinski definition) is 1. The molecule has 1 unspecified atom stereocenters. The smallest absolute Gasteiger partial charge is 0.387 e. The Hall–Kier alpha value is -0.810. The van der Waals surface area contributed by atoms with Crippen molar-refractivity contribution in [1.82, 2.24) is 5.32 Å². The Bertz CT molecular complexity index is 359. The van der Waals surface area contributed by atoms with Crippen LogP contribution in [0.25, 0.3) is 0 Å². The van der Waals surface area contributed by atoms with E-state index in [2.05, 4.69) is 23.2 Å². The van der Waals surface area contributed by atoms with Crippen molar-refractivity contribution in [2.24, 2.45) is 0 Å². The van der Waals surface area contributed by atoms with Gasteiger partial charge in [0, 0.05) is 6.04 Å². The van der Waals surface area contributed by atoms with Crippen molar-refractivity contribution in [3.8, 4) is 5.75 Å². The van der Waals surface area contributed by atoms with Gasteiger partial charge in [-0.25, -0.2) is 0 Å². The zero-order chi connectivity index (χ0) is 14.8. The van der Waals surface area contributed by atoms with Crippen LogP contribution in [0.3, 0.4) is 0 Å². The van der Waals surface area contributed by atoms with Gasteiger partial charge in [-0.3, -0.25) is 0 Å². The molecule has 0 aromatic heterocycles. The Balaban J connectivity index is 2.27. The van der Waals surface area contributed by atoms with Gasteiger partial charge >= 0.3 is 6.61 Å². The predicted octanol–water partition coefficient (Wildman–Crippen LogP) is 4.47. The first-order valence-electron chi connectivity index (χ1n) is 6.90. The second kappa shape index (κ2) is 10.00. The van der Waals surface area contributed by atoms with Crippen LogP contribution < -0.4 is 10.1 Å². The van der Waals surface area contributed by atoms with E-state index in [9.17, 15) is 8.78 Å². The number of hydrogen-bond acceptors (Lipinski definition) is 3. The number of rotatable bonds is 10. The minimum atomic E-state index is -2.77. The molecule has 0 amide bonds. The molecule has 5 heteroatoms. The van der Waals surface area contributed by atoms with Gasteiger partial charge in [-0.05, 0) is 56.0 Å². The lowest BCUT2D eigenvalue weighted by Crippen LogP contribution is -2.19. The molecule has 1 aromatic carbocycles. The molecule has 0 saturated heterocycles. The molecule has 0 saturated carbocycles. The van der Waals surface area contributed by atoms with Gasteiger partial charge in [0.2, 0.25) is 0 Å². The van der Waals surface area contributed by atoms with Gasteiger partial charge in [0.1, 0.15) is 5.75 Å². The fourth-order valence-electron chi connectivity index (χ4n) is 1.92. The summed E-state index contributed by atoms with van der Waals surface area (Å²) >= 11 is 1.88. The number of ether oxygens (including phenoxy) is 1.